The highest BCUT2D eigenvalue weighted by Gasteiger charge is 2.07. The van der Waals surface area contributed by atoms with E-state index in [-0.39, 0.29) is 5.75 Å². The van der Waals surface area contributed by atoms with Crippen LogP contribution in [-0.4, -0.2) is 49.3 Å². The minimum Gasteiger partial charge on any atom is -0.319 e. The molecule has 0 atom stereocenters. The number of hydrogen-bond acceptors (Lipinski definition) is 5. The van der Waals surface area contributed by atoms with Crippen molar-refractivity contribution in [2.75, 3.05) is 25.9 Å². The maximum atomic E-state index is 11.3. The molecule has 0 saturated heterocycles. The summed E-state index contributed by atoms with van der Waals surface area (Å²) in [7, 11) is -1.46. The van der Waals surface area contributed by atoms with E-state index in [1.807, 2.05) is 0 Å². The van der Waals surface area contributed by atoms with Crippen LogP contribution in [0.1, 0.15) is 0 Å². The maximum Gasteiger partial charge on any atom is 0.212 e. The molecule has 0 aromatic carbocycles. The Kier molecular flexibility index (Phi) is 4.66. The maximum absolute atomic E-state index is 11.3. The fourth-order valence-corrected chi connectivity index (χ4v) is 2.00. The van der Waals surface area contributed by atoms with Gasteiger partial charge in [-0.25, -0.2) is 13.1 Å². The molecule has 1 aromatic rings. The Labute approximate surface area is 88.9 Å². The molecule has 8 heteroatoms. The van der Waals surface area contributed by atoms with Gasteiger partial charge in [0, 0.05) is 19.3 Å². The summed E-state index contributed by atoms with van der Waals surface area (Å²) in [6.07, 6.45) is 3.23. The third-order valence-electron chi connectivity index (χ3n) is 1.76. The standard InChI is InChI=1S/C7H15N5O2S/c1-8-4-7-15(13,14)10-3-6-12-5-2-9-11-12/h2,5,8,10H,3-4,6-7H2,1H3. The van der Waals surface area contributed by atoms with Crippen LogP contribution in [0.15, 0.2) is 12.4 Å². The average Bonchev–Trinajstić information content (AvgIpc) is 2.67. The van der Waals surface area contributed by atoms with Crippen molar-refractivity contribution in [3.05, 3.63) is 12.4 Å². The summed E-state index contributed by atoms with van der Waals surface area (Å²) >= 11 is 0. The first-order valence-corrected chi connectivity index (χ1v) is 6.25. The van der Waals surface area contributed by atoms with Crippen LogP contribution >= 0.6 is 0 Å². The summed E-state index contributed by atoms with van der Waals surface area (Å²) in [5.41, 5.74) is 0. The minimum atomic E-state index is -3.17. The van der Waals surface area contributed by atoms with E-state index in [0.717, 1.165) is 0 Å². The van der Waals surface area contributed by atoms with Crippen molar-refractivity contribution in [3.63, 3.8) is 0 Å². The van der Waals surface area contributed by atoms with Crippen molar-refractivity contribution in [1.29, 1.82) is 0 Å². The third kappa shape index (κ3) is 4.86. The molecule has 15 heavy (non-hydrogen) atoms. The molecule has 0 fully saturated rings. The summed E-state index contributed by atoms with van der Waals surface area (Å²) in [5, 5.41) is 10.1. The van der Waals surface area contributed by atoms with Crippen molar-refractivity contribution in [2.45, 2.75) is 6.54 Å². The van der Waals surface area contributed by atoms with Gasteiger partial charge in [0.15, 0.2) is 0 Å². The monoisotopic (exact) mass is 233 g/mol. The minimum absolute atomic E-state index is 0.0842. The number of sulfonamides is 1. The molecule has 0 aliphatic heterocycles. The van der Waals surface area contributed by atoms with Crippen LogP contribution in [0.3, 0.4) is 0 Å². The second-order valence-electron chi connectivity index (χ2n) is 2.98. The van der Waals surface area contributed by atoms with Crippen molar-refractivity contribution in [3.8, 4) is 0 Å². The second kappa shape index (κ2) is 5.79. The molecule has 0 aliphatic carbocycles. The molecule has 7 nitrogen and oxygen atoms in total. The molecule has 0 aliphatic rings. The van der Waals surface area contributed by atoms with E-state index >= 15 is 0 Å². The molecule has 1 heterocycles. The van der Waals surface area contributed by atoms with Crippen LogP contribution in [0, 0.1) is 0 Å². The molecule has 0 spiro atoms. The second-order valence-corrected chi connectivity index (χ2v) is 4.91. The SMILES string of the molecule is CNCCS(=O)(=O)NCCn1ccnn1. The lowest BCUT2D eigenvalue weighted by atomic mass is 10.6. The Balaban J connectivity index is 2.24. The van der Waals surface area contributed by atoms with Gasteiger partial charge in [0.05, 0.1) is 18.5 Å². The van der Waals surface area contributed by atoms with Gasteiger partial charge in [0.2, 0.25) is 10.0 Å². The number of rotatable bonds is 7. The predicted molar refractivity (Wildman–Crippen MR) is 55.7 cm³/mol. The van der Waals surface area contributed by atoms with Crippen LogP contribution in [0.2, 0.25) is 0 Å². The van der Waals surface area contributed by atoms with Crippen LogP contribution in [0.5, 0.6) is 0 Å². The van der Waals surface area contributed by atoms with E-state index in [2.05, 4.69) is 20.4 Å². The Hall–Kier alpha value is -0.990. The quantitative estimate of drug-likeness (QED) is 0.593. The number of nitrogens with zero attached hydrogens (tertiary/aromatic N) is 3. The third-order valence-corrected chi connectivity index (χ3v) is 3.14. The summed E-state index contributed by atoms with van der Waals surface area (Å²) in [6.45, 7) is 1.26. The highest BCUT2D eigenvalue weighted by Crippen LogP contribution is 1.84. The summed E-state index contributed by atoms with van der Waals surface area (Å²) < 4.78 is 26.7. The van der Waals surface area contributed by atoms with Crippen molar-refractivity contribution in [2.24, 2.45) is 0 Å². The first-order chi connectivity index (χ1) is 7.14. The molecule has 0 bridgehead atoms. The van der Waals surface area contributed by atoms with Gasteiger partial charge >= 0.3 is 0 Å². The van der Waals surface area contributed by atoms with E-state index in [0.29, 0.717) is 19.6 Å². The average molecular weight is 233 g/mol. The van der Waals surface area contributed by atoms with Crippen LogP contribution in [0.4, 0.5) is 0 Å². The summed E-state index contributed by atoms with van der Waals surface area (Å²) in [4.78, 5) is 0. The van der Waals surface area contributed by atoms with Gasteiger partial charge < -0.3 is 5.32 Å². The van der Waals surface area contributed by atoms with Gasteiger partial charge in [-0.05, 0) is 7.05 Å². The number of nitrogens with one attached hydrogen (secondary N) is 2. The van der Waals surface area contributed by atoms with Crippen LogP contribution < -0.4 is 10.0 Å². The van der Waals surface area contributed by atoms with Gasteiger partial charge in [-0.15, -0.1) is 5.10 Å². The van der Waals surface area contributed by atoms with Gasteiger partial charge in [0.25, 0.3) is 0 Å². The Morgan fingerprint density at radius 3 is 2.80 bits per heavy atom. The first-order valence-electron chi connectivity index (χ1n) is 4.60. The summed E-state index contributed by atoms with van der Waals surface area (Å²) in [5.74, 6) is 0.0842. The molecule has 2 N–H and O–H groups in total. The smallest absolute Gasteiger partial charge is 0.212 e. The largest absolute Gasteiger partial charge is 0.319 e. The predicted octanol–water partition coefficient (Wildman–Crippen LogP) is -1.58. The number of aromatic nitrogens is 3. The Morgan fingerprint density at radius 1 is 1.40 bits per heavy atom. The normalized spacial score (nSPS) is 11.8. The molecular weight excluding hydrogens is 218 g/mol. The highest BCUT2D eigenvalue weighted by atomic mass is 32.2. The zero-order valence-corrected chi connectivity index (χ0v) is 9.37. The molecule has 0 radical (unpaired) electrons. The van der Waals surface area contributed by atoms with Gasteiger partial charge in [0.1, 0.15) is 0 Å². The van der Waals surface area contributed by atoms with Gasteiger partial charge in [-0.1, -0.05) is 5.21 Å². The summed E-state index contributed by atoms with van der Waals surface area (Å²) in [6, 6.07) is 0. The lowest BCUT2D eigenvalue weighted by Crippen LogP contribution is -2.33. The zero-order valence-electron chi connectivity index (χ0n) is 8.55. The van der Waals surface area contributed by atoms with E-state index in [1.165, 1.54) is 0 Å². The fraction of sp³-hybridized carbons (Fsp3) is 0.714. The molecular formula is C7H15N5O2S. The molecule has 86 valence electrons. The fourth-order valence-electron chi connectivity index (χ4n) is 0.976. The Morgan fingerprint density at radius 2 is 2.20 bits per heavy atom. The van der Waals surface area contributed by atoms with Crippen molar-refractivity contribution < 1.29 is 8.42 Å². The van der Waals surface area contributed by atoms with E-state index in [9.17, 15) is 8.42 Å². The lowest BCUT2D eigenvalue weighted by molar-refractivity contribution is 0.551. The van der Waals surface area contributed by atoms with E-state index < -0.39 is 10.0 Å². The Bertz CT molecular complexity index is 361. The van der Waals surface area contributed by atoms with E-state index in [1.54, 1.807) is 24.1 Å². The molecule has 0 unspecified atom stereocenters. The zero-order chi connectivity index (χ0) is 11.1. The highest BCUT2D eigenvalue weighted by molar-refractivity contribution is 7.89. The van der Waals surface area contributed by atoms with Crippen LogP contribution in [0.25, 0.3) is 0 Å². The molecule has 0 saturated carbocycles. The van der Waals surface area contributed by atoms with E-state index in [4.69, 9.17) is 0 Å². The molecule has 1 aromatic heterocycles. The van der Waals surface area contributed by atoms with Gasteiger partial charge in [-0.2, -0.15) is 0 Å². The first kappa shape index (κ1) is 12.1. The lowest BCUT2D eigenvalue weighted by Gasteiger charge is -2.05. The van der Waals surface area contributed by atoms with Gasteiger partial charge in [-0.3, -0.25) is 4.68 Å². The molecule has 1 rings (SSSR count). The van der Waals surface area contributed by atoms with Crippen LogP contribution in [-0.2, 0) is 16.6 Å². The number of hydrogen-bond donors (Lipinski definition) is 2. The topological polar surface area (TPSA) is 88.9 Å². The van der Waals surface area contributed by atoms with Crippen molar-refractivity contribution >= 4 is 10.0 Å². The van der Waals surface area contributed by atoms with Crippen molar-refractivity contribution in [1.82, 2.24) is 25.0 Å². The molecule has 0 amide bonds.